The molecule has 0 aliphatic carbocycles. The first-order chi connectivity index (χ1) is 16.9. The summed E-state index contributed by atoms with van der Waals surface area (Å²) in [7, 11) is 5.70. The van der Waals surface area contributed by atoms with Gasteiger partial charge in [-0.25, -0.2) is 9.59 Å². The number of methoxy groups -OCH3 is 4. The molecule has 3 aromatic carbocycles. The molecule has 0 radical (unpaired) electrons. The lowest BCUT2D eigenvalue weighted by Gasteiger charge is -2.08. The molecule has 0 bridgehead atoms. The molecule has 35 heavy (non-hydrogen) atoms. The molecule has 0 aromatic heterocycles. The summed E-state index contributed by atoms with van der Waals surface area (Å²) in [5.74, 6) is 0.0156. The van der Waals surface area contributed by atoms with Crippen molar-refractivity contribution in [3.8, 4) is 11.5 Å². The fourth-order valence-electron chi connectivity index (χ4n) is 3.36. The summed E-state index contributed by atoms with van der Waals surface area (Å²) in [5, 5.41) is 0. The third kappa shape index (κ3) is 6.39. The Morgan fingerprint density at radius 2 is 1.06 bits per heavy atom. The fraction of sp³-hybridized carbons (Fsp3) is 0.143. The van der Waals surface area contributed by atoms with Gasteiger partial charge in [0.05, 0.1) is 28.4 Å². The van der Waals surface area contributed by atoms with Crippen LogP contribution in [0.15, 0.2) is 59.1 Å². The zero-order valence-electron chi connectivity index (χ0n) is 19.8. The van der Waals surface area contributed by atoms with E-state index in [9.17, 15) is 9.59 Å². The van der Waals surface area contributed by atoms with Crippen molar-refractivity contribution in [2.45, 2.75) is 0 Å². The van der Waals surface area contributed by atoms with Crippen molar-refractivity contribution in [3.05, 3.63) is 92.5 Å². The van der Waals surface area contributed by atoms with Gasteiger partial charge in [-0.2, -0.15) is 0 Å². The number of carbonyl (C=O) groups is 2. The molecule has 0 aliphatic heterocycles. The summed E-state index contributed by atoms with van der Waals surface area (Å²) in [4.78, 5) is 24.0. The van der Waals surface area contributed by atoms with Crippen LogP contribution in [0.4, 0.5) is 0 Å². The lowest BCUT2D eigenvalue weighted by atomic mass is 10.1. The molecule has 7 heteroatoms. The largest absolute Gasteiger partial charge is 0.496 e. The van der Waals surface area contributed by atoms with Gasteiger partial charge in [0, 0.05) is 4.47 Å². The van der Waals surface area contributed by atoms with Gasteiger partial charge in [-0.3, -0.25) is 0 Å². The van der Waals surface area contributed by atoms with E-state index in [1.165, 1.54) is 28.4 Å². The van der Waals surface area contributed by atoms with Crippen LogP contribution in [0.25, 0.3) is 24.3 Å². The maximum atomic E-state index is 12.0. The third-order valence-electron chi connectivity index (χ3n) is 5.21. The van der Waals surface area contributed by atoms with Crippen molar-refractivity contribution in [3.63, 3.8) is 0 Å². The van der Waals surface area contributed by atoms with Gasteiger partial charge in [-0.15, -0.1) is 0 Å². The Morgan fingerprint density at radius 3 is 1.49 bits per heavy atom. The average molecular weight is 537 g/mol. The predicted molar refractivity (Wildman–Crippen MR) is 141 cm³/mol. The molecule has 0 fully saturated rings. The number of benzene rings is 3. The minimum Gasteiger partial charge on any atom is -0.496 e. The first-order valence-electron chi connectivity index (χ1n) is 10.6. The van der Waals surface area contributed by atoms with Gasteiger partial charge in [0.25, 0.3) is 0 Å². The molecule has 0 saturated heterocycles. The third-order valence-corrected chi connectivity index (χ3v) is 5.89. The van der Waals surface area contributed by atoms with E-state index in [0.29, 0.717) is 22.6 Å². The van der Waals surface area contributed by atoms with Gasteiger partial charge in [-0.1, -0.05) is 64.5 Å². The van der Waals surface area contributed by atoms with Gasteiger partial charge in [-0.05, 0) is 52.6 Å². The van der Waals surface area contributed by atoms with Crippen molar-refractivity contribution in [2.24, 2.45) is 0 Å². The van der Waals surface area contributed by atoms with Crippen LogP contribution >= 0.6 is 15.9 Å². The van der Waals surface area contributed by atoms with Crippen molar-refractivity contribution < 1.29 is 28.5 Å². The Hall–Kier alpha value is -3.84. The van der Waals surface area contributed by atoms with Crippen molar-refractivity contribution >= 4 is 52.2 Å². The van der Waals surface area contributed by atoms with E-state index in [2.05, 4.69) is 15.9 Å². The van der Waals surface area contributed by atoms with Gasteiger partial charge in [0.2, 0.25) is 0 Å². The smallest absolute Gasteiger partial charge is 0.341 e. The molecule has 0 atom stereocenters. The fourth-order valence-corrected chi connectivity index (χ4v) is 3.89. The van der Waals surface area contributed by atoms with E-state index in [1.54, 1.807) is 24.3 Å². The van der Waals surface area contributed by atoms with Crippen LogP contribution in [0.5, 0.6) is 11.5 Å². The van der Waals surface area contributed by atoms with Crippen molar-refractivity contribution in [2.75, 3.05) is 28.4 Å². The maximum Gasteiger partial charge on any atom is 0.341 e. The Morgan fingerprint density at radius 1 is 0.629 bits per heavy atom. The minimum atomic E-state index is -0.454. The molecule has 6 nitrogen and oxygen atoms in total. The van der Waals surface area contributed by atoms with Crippen LogP contribution in [-0.2, 0) is 9.47 Å². The number of hydrogen-bond donors (Lipinski definition) is 0. The molecule has 3 rings (SSSR count). The molecule has 180 valence electrons. The SMILES string of the molecule is COC(=O)c1cc(/C=C/c2ccc(/C=C/c3ccc(OC)c(C(=O)OC)c3)c(Br)c2)ccc1OC. The Labute approximate surface area is 212 Å². The van der Waals surface area contributed by atoms with Crippen LogP contribution in [-0.4, -0.2) is 40.4 Å². The van der Waals surface area contributed by atoms with E-state index in [4.69, 9.17) is 18.9 Å². The highest BCUT2D eigenvalue weighted by Gasteiger charge is 2.13. The molecule has 0 saturated carbocycles. The van der Waals surface area contributed by atoms with Gasteiger partial charge >= 0.3 is 11.9 Å². The molecule has 0 amide bonds. The molecular formula is C28H25BrO6. The first kappa shape index (κ1) is 25.8. The van der Waals surface area contributed by atoms with Crippen molar-refractivity contribution in [1.29, 1.82) is 0 Å². The van der Waals surface area contributed by atoms with Crippen LogP contribution in [0, 0.1) is 0 Å². The average Bonchev–Trinajstić information content (AvgIpc) is 2.90. The van der Waals surface area contributed by atoms with E-state index >= 15 is 0 Å². The maximum absolute atomic E-state index is 12.0. The van der Waals surface area contributed by atoms with Crippen molar-refractivity contribution in [1.82, 2.24) is 0 Å². The highest BCUT2D eigenvalue weighted by molar-refractivity contribution is 9.10. The lowest BCUT2D eigenvalue weighted by molar-refractivity contribution is 0.0588. The Kier molecular flexibility index (Phi) is 8.86. The van der Waals surface area contributed by atoms with E-state index in [0.717, 1.165) is 26.7 Å². The number of carbonyl (C=O) groups excluding carboxylic acids is 2. The predicted octanol–water partition coefficient (Wildman–Crippen LogP) is 6.38. The monoisotopic (exact) mass is 536 g/mol. The summed E-state index contributed by atoms with van der Waals surface area (Å²) in [6.45, 7) is 0. The number of esters is 2. The number of rotatable bonds is 8. The second kappa shape index (κ2) is 12.0. The lowest BCUT2D eigenvalue weighted by Crippen LogP contribution is -2.04. The van der Waals surface area contributed by atoms with E-state index < -0.39 is 11.9 Å². The van der Waals surface area contributed by atoms with Crippen LogP contribution < -0.4 is 9.47 Å². The van der Waals surface area contributed by atoms with Gasteiger partial charge in [0.15, 0.2) is 0 Å². The zero-order valence-corrected chi connectivity index (χ0v) is 21.4. The first-order valence-corrected chi connectivity index (χ1v) is 11.4. The Balaban J connectivity index is 1.80. The summed E-state index contributed by atoms with van der Waals surface area (Å²) in [6, 6.07) is 16.6. The topological polar surface area (TPSA) is 71.1 Å². The van der Waals surface area contributed by atoms with Crippen LogP contribution in [0.1, 0.15) is 43.0 Å². The molecule has 3 aromatic rings. The van der Waals surface area contributed by atoms with E-state index in [1.807, 2.05) is 54.6 Å². The molecule has 0 spiro atoms. The summed E-state index contributed by atoms with van der Waals surface area (Å²) >= 11 is 3.62. The molecule has 0 heterocycles. The van der Waals surface area contributed by atoms with Crippen LogP contribution in [0.2, 0.25) is 0 Å². The second-order valence-corrected chi connectivity index (χ2v) is 8.20. The second-order valence-electron chi connectivity index (χ2n) is 7.35. The summed E-state index contributed by atoms with van der Waals surface area (Å²) in [6.07, 6.45) is 7.72. The molecule has 0 unspecified atom stereocenters. The number of hydrogen-bond acceptors (Lipinski definition) is 6. The zero-order chi connectivity index (χ0) is 25.4. The minimum absolute atomic E-state index is 0.366. The molecular weight excluding hydrogens is 512 g/mol. The highest BCUT2D eigenvalue weighted by Crippen LogP contribution is 2.26. The normalized spacial score (nSPS) is 11.0. The summed E-state index contributed by atoms with van der Waals surface area (Å²) < 4.78 is 21.0. The van der Waals surface area contributed by atoms with E-state index in [-0.39, 0.29) is 0 Å². The molecule has 0 N–H and O–H groups in total. The summed E-state index contributed by atoms with van der Waals surface area (Å²) in [5.41, 5.74) is 4.35. The number of halogens is 1. The quantitative estimate of drug-likeness (QED) is 0.245. The number of ether oxygens (including phenoxy) is 4. The van der Waals surface area contributed by atoms with Crippen LogP contribution in [0.3, 0.4) is 0 Å². The van der Waals surface area contributed by atoms with Gasteiger partial charge in [0.1, 0.15) is 22.6 Å². The Bertz CT molecular complexity index is 1290. The standard InChI is InChI=1S/C28H25BrO6/c1-32-25-13-9-18(15-22(25)27(30)34-3)5-6-20-8-12-21(24(29)17-20)11-7-19-10-14-26(33-2)23(16-19)28(31)35-4/h5-17H,1-4H3/b6-5+,11-7+. The van der Waals surface area contributed by atoms with Gasteiger partial charge < -0.3 is 18.9 Å². The molecule has 0 aliphatic rings. The highest BCUT2D eigenvalue weighted by atomic mass is 79.9.